The Morgan fingerprint density at radius 2 is 2.05 bits per heavy atom. The van der Waals surface area contributed by atoms with Crippen molar-refractivity contribution in [2.75, 3.05) is 13.1 Å². The molecule has 118 valence electrons. The summed E-state index contributed by atoms with van der Waals surface area (Å²) in [4.78, 5) is 33.3. The highest BCUT2D eigenvalue weighted by atomic mass is 32.1. The molecule has 6 heteroatoms. The summed E-state index contributed by atoms with van der Waals surface area (Å²) in [6.07, 6.45) is 5.85. The van der Waals surface area contributed by atoms with Gasteiger partial charge < -0.3 is 4.90 Å². The molecule has 1 aliphatic carbocycles. The lowest BCUT2D eigenvalue weighted by Crippen LogP contribution is -2.36. The van der Waals surface area contributed by atoms with Gasteiger partial charge in [0.05, 0.1) is 11.7 Å². The Morgan fingerprint density at radius 1 is 1.32 bits per heavy atom. The van der Waals surface area contributed by atoms with E-state index in [-0.39, 0.29) is 18.0 Å². The van der Waals surface area contributed by atoms with Gasteiger partial charge in [-0.15, -0.1) is 11.3 Å². The van der Waals surface area contributed by atoms with Crippen molar-refractivity contribution in [2.45, 2.75) is 46.1 Å². The second-order valence-corrected chi connectivity index (χ2v) is 6.72. The van der Waals surface area contributed by atoms with Gasteiger partial charge in [-0.3, -0.25) is 14.2 Å². The second kappa shape index (κ2) is 6.20. The SMILES string of the molecule is CCN(CC)C(=O)Cn1cnc2sc3c(c2c1=O)CCCC3. The Hall–Kier alpha value is -1.69. The van der Waals surface area contributed by atoms with Crippen LogP contribution in [0.3, 0.4) is 0 Å². The molecule has 1 aliphatic rings. The standard InChI is InChI=1S/C16H21N3O2S/c1-3-18(4-2)13(20)9-19-10-17-15-14(16(19)21)11-7-5-6-8-12(11)22-15/h10H,3-9H2,1-2H3. The summed E-state index contributed by atoms with van der Waals surface area (Å²) in [6.45, 7) is 5.29. The van der Waals surface area contributed by atoms with Crippen LogP contribution in [0.4, 0.5) is 0 Å². The van der Waals surface area contributed by atoms with Gasteiger partial charge in [-0.05, 0) is 45.1 Å². The molecule has 0 spiro atoms. The third-order valence-electron chi connectivity index (χ3n) is 4.36. The molecule has 3 rings (SSSR count). The van der Waals surface area contributed by atoms with E-state index in [9.17, 15) is 9.59 Å². The van der Waals surface area contributed by atoms with E-state index in [1.165, 1.54) is 27.8 Å². The molecule has 2 aromatic heterocycles. The summed E-state index contributed by atoms with van der Waals surface area (Å²) in [5.74, 6) is -0.0302. The Labute approximate surface area is 133 Å². The smallest absolute Gasteiger partial charge is 0.262 e. The minimum Gasteiger partial charge on any atom is -0.342 e. The van der Waals surface area contributed by atoms with Gasteiger partial charge in [-0.2, -0.15) is 0 Å². The highest BCUT2D eigenvalue weighted by Crippen LogP contribution is 2.33. The van der Waals surface area contributed by atoms with E-state index in [4.69, 9.17) is 0 Å². The van der Waals surface area contributed by atoms with Crippen molar-refractivity contribution in [2.24, 2.45) is 0 Å². The van der Waals surface area contributed by atoms with Crippen molar-refractivity contribution in [3.8, 4) is 0 Å². The second-order valence-electron chi connectivity index (χ2n) is 5.63. The molecule has 0 unspecified atom stereocenters. The van der Waals surface area contributed by atoms with Crippen LogP contribution in [-0.4, -0.2) is 33.4 Å². The predicted molar refractivity (Wildman–Crippen MR) is 88.5 cm³/mol. The zero-order valence-electron chi connectivity index (χ0n) is 13.1. The van der Waals surface area contributed by atoms with Crippen LogP contribution in [0, 0.1) is 0 Å². The van der Waals surface area contributed by atoms with E-state index in [2.05, 4.69) is 4.98 Å². The number of hydrogen-bond donors (Lipinski definition) is 0. The molecular weight excluding hydrogens is 298 g/mol. The first-order chi connectivity index (χ1) is 10.7. The number of thiophene rings is 1. The van der Waals surface area contributed by atoms with Crippen LogP contribution < -0.4 is 5.56 Å². The highest BCUT2D eigenvalue weighted by molar-refractivity contribution is 7.18. The van der Waals surface area contributed by atoms with Crippen LogP contribution in [0.2, 0.25) is 0 Å². The first kappa shape index (κ1) is 15.2. The molecule has 0 bridgehead atoms. The summed E-state index contributed by atoms with van der Waals surface area (Å²) < 4.78 is 1.46. The predicted octanol–water partition coefficient (Wildman–Crippen LogP) is 2.21. The highest BCUT2D eigenvalue weighted by Gasteiger charge is 2.21. The number of carbonyl (C=O) groups is 1. The van der Waals surface area contributed by atoms with Crippen molar-refractivity contribution in [1.82, 2.24) is 14.5 Å². The van der Waals surface area contributed by atoms with Gasteiger partial charge in [0.25, 0.3) is 5.56 Å². The lowest BCUT2D eigenvalue weighted by atomic mass is 9.97. The third-order valence-corrected chi connectivity index (χ3v) is 5.56. The van der Waals surface area contributed by atoms with Crippen molar-refractivity contribution >= 4 is 27.5 Å². The van der Waals surface area contributed by atoms with Crippen molar-refractivity contribution in [1.29, 1.82) is 0 Å². The average molecular weight is 319 g/mol. The maximum Gasteiger partial charge on any atom is 0.262 e. The molecule has 22 heavy (non-hydrogen) atoms. The number of likely N-dealkylation sites (N-methyl/N-ethyl adjacent to an activating group) is 1. The van der Waals surface area contributed by atoms with E-state index in [0.29, 0.717) is 13.1 Å². The monoisotopic (exact) mass is 319 g/mol. The molecule has 0 aliphatic heterocycles. The van der Waals surface area contributed by atoms with E-state index >= 15 is 0 Å². The normalized spacial score (nSPS) is 14.1. The maximum atomic E-state index is 12.8. The molecule has 0 aromatic carbocycles. The molecule has 5 nitrogen and oxygen atoms in total. The van der Waals surface area contributed by atoms with Crippen LogP contribution >= 0.6 is 11.3 Å². The van der Waals surface area contributed by atoms with Crippen LogP contribution in [0.25, 0.3) is 10.2 Å². The number of amides is 1. The number of fused-ring (bicyclic) bond motifs is 3. The zero-order chi connectivity index (χ0) is 15.7. The Morgan fingerprint density at radius 3 is 2.77 bits per heavy atom. The first-order valence-electron chi connectivity index (χ1n) is 7.93. The van der Waals surface area contributed by atoms with E-state index in [1.54, 1.807) is 16.2 Å². The number of aryl methyl sites for hydroxylation is 2. The van der Waals surface area contributed by atoms with Crippen LogP contribution in [0.1, 0.15) is 37.1 Å². The number of rotatable bonds is 4. The van der Waals surface area contributed by atoms with Gasteiger partial charge in [0.15, 0.2) is 0 Å². The number of carbonyl (C=O) groups excluding carboxylic acids is 1. The summed E-state index contributed by atoms with van der Waals surface area (Å²) in [7, 11) is 0. The number of nitrogens with zero attached hydrogens (tertiary/aromatic N) is 3. The fourth-order valence-electron chi connectivity index (χ4n) is 3.12. The Balaban J connectivity index is 2.00. The number of hydrogen-bond acceptors (Lipinski definition) is 4. The van der Waals surface area contributed by atoms with E-state index in [0.717, 1.165) is 29.5 Å². The topological polar surface area (TPSA) is 55.2 Å². The van der Waals surface area contributed by atoms with Gasteiger partial charge in [-0.1, -0.05) is 0 Å². The fourth-order valence-corrected chi connectivity index (χ4v) is 4.34. The molecule has 0 N–H and O–H groups in total. The van der Waals surface area contributed by atoms with Crippen LogP contribution in [0.5, 0.6) is 0 Å². The lowest BCUT2D eigenvalue weighted by molar-refractivity contribution is -0.131. The quantitative estimate of drug-likeness (QED) is 0.868. The number of aromatic nitrogens is 2. The fraction of sp³-hybridized carbons (Fsp3) is 0.562. The largest absolute Gasteiger partial charge is 0.342 e. The molecule has 0 saturated carbocycles. The lowest BCUT2D eigenvalue weighted by Gasteiger charge is -2.19. The van der Waals surface area contributed by atoms with Gasteiger partial charge in [-0.25, -0.2) is 4.98 Å². The molecule has 2 heterocycles. The summed E-state index contributed by atoms with van der Waals surface area (Å²) in [6, 6.07) is 0. The van der Waals surface area contributed by atoms with E-state index in [1.807, 2.05) is 13.8 Å². The molecule has 0 atom stereocenters. The average Bonchev–Trinajstić information content (AvgIpc) is 2.90. The maximum absolute atomic E-state index is 12.8. The van der Waals surface area contributed by atoms with Crippen molar-refractivity contribution in [3.05, 3.63) is 27.1 Å². The third kappa shape index (κ3) is 2.56. The minimum absolute atomic E-state index is 0.0302. The van der Waals surface area contributed by atoms with Crippen LogP contribution in [0.15, 0.2) is 11.1 Å². The molecule has 0 saturated heterocycles. The van der Waals surface area contributed by atoms with Crippen molar-refractivity contribution < 1.29 is 4.79 Å². The first-order valence-corrected chi connectivity index (χ1v) is 8.74. The Bertz CT molecular complexity index is 759. The molecule has 0 fully saturated rings. The van der Waals surface area contributed by atoms with Crippen molar-refractivity contribution in [3.63, 3.8) is 0 Å². The Kier molecular flexibility index (Phi) is 4.29. The van der Waals surface area contributed by atoms with Gasteiger partial charge >= 0.3 is 0 Å². The molecule has 0 radical (unpaired) electrons. The zero-order valence-corrected chi connectivity index (χ0v) is 13.9. The molecular formula is C16H21N3O2S. The molecule has 1 amide bonds. The summed E-state index contributed by atoms with van der Waals surface area (Å²) >= 11 is 1.64. The van der Waals surface area contributed by atoms with Crippen LogP contribution in [-0.2, 0) is 24.2 Å². The van der Waals surface area contributed by atoms with Gasteiger partial charge in [0, 0.05) is 18.0 Å². The van der Waals surface area contributed by atoms with Gasteiger partial charge in [0.1, 0.15) is 11.4 Å². The summed E-state index contributed by atoms with van der Waals surface area (Å²) in [5.41, 5.74) is 1.11. The minimum atomic E-state index is -0.0649. The summed E-state index contributed by atoms with van der Waals surface area (Å²) in [5, 5.41) is 0.745. The molecule has 2 aromatic rings. The van der Waals surface area contributed by atoms with Gasteiger partial charge in [0.2, 0.25) is 5.91 Å². The van der Waals surface area contributed by atoms with E-state index < -0.39 is 0 Å².